The minimum atomic E-state index is -4.79. The van der Waals surface area contributed by atoms with Crippen LogP contribution in [0.15, 0.2) is 97.2 Å². The molecule has 0 aromatic heterocycles. The molecule has 55 heavy (non-hydrogen) atoms. The monoisotopic (exact) mass is 786 g/mol. The van der Waals surface area contributed by atoms with Gasteiger partial charge in [-0.3, -0.25) is 14.1 Å². The summed E-state index contributed by atoms with van der Waals surface area (Å²) in [6.45, 7) is 3.44. The Morgan fingerprint density at radius 1 is 0.582 bits per heavy atom. The fraction of sp³-hybridized carbons (Fsp3) is 0.600. The number of carbonyl (C=O) groups excluding carboxylic acids is 2. The molecule has 2 unspecified atom stereocenters. The van der Waals surface area contributed by atoms with Crippen molar-refractivity contribution in [3.05, 3.63) is 97.2 Å². The van der Waals surface area contributed by atoms with Crippen LogP contribution in [0, 0.1) is 0 Å². The van der Waals surface area contributed by atoms with Crippen LogP contribution in [-0.4, -0.2) is 53.3 Å². The van der Waals surface area contributed by atoms with E-state index >= 15 is 0 Å². The molecular formula is C45H71O9P. The highest BCUT2D eigenvalue weighted by atomic mass is 31.2. The van der Waals surface area contributed by atoms with Crippen LogP contribution in [0.5, 0.6) is 0 Å². The third-order valence-electron chi connectivity index (χ3n) is 8.49. The van der Waals surface area contributed by atoms with Crippen molar-refractivity contribution in [3.8, 4) is 0 Å². The van der Waals surface area contributed by atoms with Gasteiger partial charge in [-0.15, -0.1) is 0 Å². The van der Waals surface area contributed by atoms with Gasteiger partial charge in [-0.2, -0.15) is 0 Å². The predicted octanol–water partition coefficient (Wildman–Crippen LogP) is 11.6. The molecule has 0 amide bonds. The van der Waals surface area contributed by atoms with E-state index in [2.05, 4.69) is 110 Å². The Kier molecular flexibility index (Phi) is 32.1. The zero-order valence-electron chi connectivity index (χ0n) is 33.7. The van der Waals surface area contributed by atoms with Gasteiger partial charge in [0.1, 0.15) is 6.61 Å². The molecule has 0 aromatic carbocycles. The summed E-state index contributed by atoms with van der Waals surface area (Å²) in [6, 6.07) is 0. The van der Waals surface area contributed by atoms with E-state index in [1.54, 1.807) is 0 Å². The molecule has 1 fully saturated rings. The molecule has 10 heteroatoms. The lowest BCUT2D eigenvalue weighted by molar-refractivity contribution is -0.161. The Morgan fingerprint density at radius 3 is 1.62 bits per heavy atom. The van der Waals surface area contributed by atoms with Crippen molar-refractivity contribution in [2.45, 2.75) is 161 Å². The van der Waals surface area contributed by atoms with Crippen LogP contribution < -0.4 is 0 Å². The molecule has 0 aliphatic carbocycles. The summed E-state index contributed by atoms with van der Waals surface area (Å²) in [5, 5.41) is 0. The van der Waals surface area contributed by atoms with Crippen LogP contribution in [0.3, 0.4) is 0 Å². The Hall–Kier alpha value is -3.07. The van der Waals surface area contributed by atoms with Gasteiger partial charge in [0.15, 0.2) is 6.10 Å². The summed E-state index contributed by atoms with van der Waals surface area (Å²) in [4.78, 5) is 42.9. The number of ether oxygens (including phenoxy) is 3. The molecule has 9 nitrogen and oxygen atoms in total. The number of hydrogen-bond donors (Lipinski definition) is 2. The molecule has 3 atom stereocenters. The SMILES string of the molecule is CC/C=C\C/C=C\C/C=C\C/C=C\C/C=C\CCCCCC(=O)O[C@H](COC(=O)CCC/C=C\C/C=C\CC1OC1C/C=C\CCCCC)COP(=O)(O)O. The van der Waals surface area contributed by atoms with Crippen molar-refractivity contribution >= 4 is 19.8 Å². The summed E-state index contributed by atoms with van der Waals surface area (Å²) >= 11 is 0. The van der Waals surface area contributed by atoms with Crippen LogP contribution in [0.2, 0.25) is 0 Å². The fourth-order valence-corrected chi connectivity index (χ4v) is 5.67. The highest BCUT2D eigenvalue weighted by Gasteiger charge is 2.36. The molecule has 0 aromatic rings. The molecule has 0 bridgehead atoms. The number of hydrogen-bond acceptors (Lipinski definition) is 7. The lowest BCUT2D eigenvalue weighted by Crippen LogP contribution is -2.29. The number of esters is 2. The fourth-order valence-electron chi connectivity index (χ4n) is 5.31. The van der Waals surface area contributed by atoms with Crippen LogP contribution in [0.1, 0.15) is 142 Å². The highest BCUT2D eigenvalue weighted by Crippen LogP contribution is 2.36. The average molecular weight is 787 g/mol. The molecule has 1 aliphatic rings. The van der Waals surface area contributed by atoms with E-state index in [1.807, 2.05) is 6.08 Å². The van der Waals surface area contributed by atoms with Crippen LogP contribution in [0.4, 0.5) is 0 Å². The molecule has 0 radical (unpaired) electrons. The molecule has 1 saturated heterocycles. The van der Waals surface area contributed by atoms with Gasteiger partial charge in [0, 0.05) is 12.8 Å². The van der Waals surface area contributed by atoms with Crippen molar-refractivity contribution < 1.29 is 42.7 Å². The van der Waals surface area contributed by atoms with Crippen molar-refractivity contribution in [1.29, 1.82) is 0 Å². The largest absolute Gasteiger partial charge is 0.469 e. The summed E-state index contributed by atoms with van der Waals surface area (Å²) in [6.07, 6.45) is 51.6. The third kappa shape index (κ3) is 35.1. The van der Waals surface area contributed by atoms with Crippen LogP contribution in [0.25, 0.3) is 0 Å². The van der Waals surface area contributed by atoms with E-state index < -0.39 is 32.5 Å². The predicted molar refractivity (Wildman–Crippen MR) is 224 cm³/mol. The second kappa shape index (κ2) is 35.4. The number of phosphoric ester groups is 1. The third-order valence-corrected chi connectivity index (χ3v) is 8.97. The smallest absolute Gasteiger partial charge is 0.462 e. The zero-order chi connectivity index (χ0) is 40.1. The zero-order valence-corrected chi connectivity index (χ0v) is 34.6. The first-order chi connectivity index (χ1) is 26.7. The Labute approximate surface area is 332 Å². The molecule has 1 aliphatic heterocycles. The normalized spacial score (nSPS) is 17.2. The molecular weight excluding hydrogens is 715 g/mol. The molecule has 1 heterocycles. The van der Waals surface area contributed by atoms with E-state index in [4.69, 9.17) is 24.0 Å². The number of unbranched alkanes of at least 4 members (excludes halogenated alkanes) is 7. The van der Waals surface area contributed by atoms with Gasteiger partial charge in [0.05, 0.1) is 18.8 Å². The lowest BCUT2D eigenvalue weighted by atomic mass is 10.1. The van der Waals surface area contributed by atoms with Crippen LogP contribution >= 0.6 is 7.82 Å². The maximum Gasteiger partial charge on any atom is 0.469 e. The van der Waals surface area contributed by atoms with Crippen LogP contribution in [-0.2, 0) is 32.9 Å². The van der Waals surface area contributed by atoms with Crippen molar-refractivity contribution in [1.82, 2.24) is 0 Å². The van der Waals surface area contributed by atoms with Crippen molar-refractivity contribution in [2.75, 3.05) is 13.2 Å². The maximum absolute atomic E-state index is 12.4. The number of rotatable bonds is 35. The minimum absolute atomic E-state index is 0.152. The van der Waals surface area contributed by atoms with E-state index in [0.717, 1.165) is 77.0 Å². The van der Waals surface area contributed by atoms with Crippen molar-refractivity contribution in [3.63, 3.8) is 0 Å². The first-order valence-electron chi connectivity index (χ1n) is 20.7. The molecule has 0 spiro atoms. The van der Waals surface area contributed by atoms with Gasteiger partial charge in [-0.05, 0) is 96.3 Å². The number of phosphoric acid groups is 1. The number of carbonyl (C=O) groups is 2. The van der Waals surface area contributed by atoms with Gasteiger partial charge in [0.25, 0.3) is 0 Å². The Morgan fingerprint density at radius 2 is 1.05 bits per heavy atom. The summed E-state index contributed by atoms with van der Waals surface area (Å²) in [5.74, 6) is -1.01. The molecule has 2 N–H and O–H groups in total. The average Bonchev–Trinajstić information content (AvgIpc) is 3.91. The topological polar surface area (TPSA) is 132 Å². The number of allylic oxidation sites excluding steroid dienone is 14. The van der Waals surface area contributed by atoms with E-state index in [9.17, 15) is 14.2 Å². The van der Waals surface area contributed by atoms with Crippen molar-refractivity contribution in [2.24, 2.45) is 0 Å². The molecule has 0 saturated carbocycles. The number of epoxide rings is 1. The lowest BCUT2D eigenvalue weighted by Gasteiger charge is -2.18. The Bertz CT molecular complexity index is 1270. The Balaban J connectivity index is 2.15. The second-order valence-corrected chi connectivity index (χ2v) is 14.9. The maximum atomic E-state index is 12.4. The molecule has 310 valence electrons. The van der Waals surface area contributed by atoms with E-state index in [-0.39, 0.29) is 19.4 Å². The summed E-state index contributed by atoms with van der Waals surface area (Å²) in [5.41, 5.74) is 0. The van der Waals surface area contributed by atoms with Gasteiger partial charge >= 0.3 is 19.8 Å². The van der Waals surface area contributed by atoms with Gasteiger partial charge in [0.2, 0.25) is 0 Å². The minimum Gasteiger partial charge on any atom is -0.462 e. The van der Waals surface area contributed by atoms with E-state index in [0.29, 0.717) is 31.5 Å². The summed E-state index contributed by atoms with van der Waals surface area (Å²) < 4.78 is 32.0. The first-order valence-corrected chi connectivity index (χ1v) is 22.2. The highest BCUT2D eigenvalue weighted by molar-refractivity contribution is 7.46. The quantitative estimate of drug-likeness (QED) is 0.0212. The van der Waals surface area contributed by atoms with Gasteiger partial charge in [-0.1, -0.05) is 130 Å². The first kappa shape index (κ1) is 49.9. The molecule has 1 rings (SSSR count). The van der Waals surface area contributed by atoms with Gasteiger partial charge in [-0.25, -0.2) is 4.57 Å². The second-order valence-electron chi connectivity index (χ2n) is 13.6. The standard InChI is InChI=1S/C45H71O9P/c1-3-5-7-9-11-12-13-14-15-16-17-18-19-20-21-22-25-30-34-38-45(47)53-41(40-52-55(48,49)50)39-51-44(46)37-33-29-26-23-24-28-32-36-43-42(54-43)35-31-27-10-8-6-4-2/h5,7,11-12,14-15,17-18,20-21,23,26-28,31-32,41-43H,3-4,6,8-10,13,16,19,22,24-25,29-30,33-40H2,1-2H3,(H2,48,49,50)/b7-5-,12-11-,15-14-,18-17-,21-20-,26-23-,31-27-,32-28-/t41-,42?,43?/m1/s1. The summed E-state index contributed by atoms with van der Waals surface area (Å²) in [7, 11) is -4.79. The van der Waals surface area contributed by atoms with Gasteiger partial charge < -0.3 is 24.0 Å². The van der Waals surface area contributed by atoms with E-state index in [1.165, 1.54) is 19.3 Å².